The Morgan fingerprint density at radius 2 is 2.00 bits per heavy atom. The SMILES string of the molecule is CN(C)S(=O)(=O)N1CCC[C@@H](C(=O)NCc2ccc(Cl)cc2)C1. The summed E-state index contributed by atoms with van der Waals surface area (Å²) in [5.41, 5.74) is 0.955. The van der Waals surface area contributed by atoms with E-state index in [-0.39, 0.29) is 18.4 Å². The quantitative estimate of drug-likeness (QED) is 0.865. The lowest BCUT2D eigenvalue weighted by Gasteiger charge is -2.32. The molecule has 1 aliphatic rings. The zero-order valence-electron chi connectivity index (χ0n) is 13.3. The molecule has 1 N–H and O–H groups in total. The normalized spacial score (nSPS) is 19.7. The number of rotatable bonds is 5. The van der Waals surface area contributed by atoms with Crippen LogP contribution < -0.4 is 5.32 Å². The lowest BCUT2D eigenvalue weighted by molar-refractivity contribution is -0.126. The Hall–Kier alpha value is -1.15. The van der Waals surface area contributed by atoms with Gasteiger partial charge in [-0.15, -0.1) is 0 Å². The van der Waals surface area contributed by atoms with Gasteiger partial charge in [0.2, 0.25) is 5.91 Å². The molecule has 0 aromatic heterocycles. The predicted octanol–water partition coefficient (Wildman–Crippen LogP) is 1.47. The van der Waals surface area contributed by atoms with Gasteiger partial charge in [0.05, 0.1) is 5.92 Å². The van der Waals surface area contributed by atoms with Gasteiger partial charge in [-0.1, -0.05) is 23.7 Å². The van der Waals surface area contributed by atoms with Crippen molar-refractivity contribution < 1.29 is 13.2 Å². The number of nitrogens with one attached hydrogen (secondary N) is 1. The Morgan fingerprint density at radius 1 is 1.35 bits per heavy atom. The Labute approximate surface area is 142 Å². The van der Waals surface area contributed by atoms with E-state index < -0.39 is 10.2 Å². The van der Waals surface area contributed by atoms with Gasteiger partial charge in [0.1, 0.15) is 0 Å². The summed E-state index contributed by atoms with van der Waals surface area (Å²) in [6.07, 6.45) is 1.39. The second kappa shape index (κ2) is 7.61. The Balaban J connectivity index is 1.93. The summed E-state index contributed by atoms with van der Waals surface area (Å²) in [5, 5.41) is 3.52. The molecule has 0 saturated carbocycles. The van der Waals surface area contributed by atoms with Gasteiger partial charge in [-0.05, 0) is 30.5 Å². The van der Waals surface area contributed by atoms with Crippen molar-refractivity contribution in [2.24, 2.45) is 5.92 Å². The fourth-order valence-corrected chi connectivity index (χ4v) is 3.85. The zero-order chi connectivity index (χ0) is 17.0. The number of piperidine rings is 1. The van der Waals surface area contributed by atoms with E-state index in [1.807, 2.05) is 12.1 Å². The molecule has 0 unspecified atom stereocenters. The molecule has 1 aromatic carbocycles. The maximum Gasteiger partial charge on any atom is 0.281 e. The number of carbonyl (C=O) groups excluding carboxylic acids is 1. The van der Waals surface area contributed by atoms with Crippen LogP contribution in [0.4, 0.5) is 0 Å². The number of hydrogen-bond donors (Lipinski definition) is 1. The lowest BCUT2D eigenvalue weighted by Crippen LogP contribution is -2.48. The van der Waals surface area contributed by atoms with Crippen molar-refractivity contribution in [3.63, 3.8) is 0 Å². The van der Waals surface area contributed by atoms with Gasteiger partial charge in [0, 0.05) is 38.8 Å². The van der Waals surface area contributed by atoms with Crippen molar-refractivity contribution >= 4 is 27.7 Å². The topological polar surface area (TPSA) is 69.7 Å². The van der Waals surface area contributed by atoms with Gasteiger partial charge in [-0.3, -0.25) is 4.79 Å². The largest absolute Gasteiger partial charge is 0.352 e. The third-order valence-electron chi connectivity index (χ3n) is 3.92. The molecule has 0 spiro atoms. The van der Waals surface area contributed by atoms with Crippen LogP contribution in [-0.2, 0) is 21.5 Å². The molecule has 1 amide bonds. The molecule has 1 atom stereocenters. The number of carbonyl (C=O) groups is 1. The van der Waals surface area contributed by atoms with Crippen LogP contribution in [0.15, 0.2) is 24.3 Å². The number of nitrogens with zero attached hydrogens (tertiary/aromatic N) is 2. The highest BCUT2D eigenvalue weighted by Crippen LogP contribution is 2.20. The number of hydrogen-bond acceptors (Lipinski definition) is 3. The van der Waals surface area contributed by atoms with Crippen LogP contribution in [-0.4, -0.2) is 50.1 Å². The number of halogens is 1. The second-order valence-corrected chi connectivity index (χ2v) is 8.41. The average Bonchev–Trinajstić information content (AvgIpc) is 2.54. The molecule has 0 radical (unpaired) electrons. The Kier molecular flexibility index (Phi) is 6.02. The molecule has 23 heavy (non-hydrogen) atoms. The summed E-state index contributed by atoms with van der Waals surface area (Å²) in [5.74, 6) is -0.426. The summed E-state index contributed by atoms with van der Waals surface area (Å²) in [7, 11) is -0.467. The second-order valence-electron chi connectivity index (χ2n) is 5.83. The van der Waals surface area contributed by atoms with E-state index >= 15 is 0 Å². The van der Waals surface area contributed by atoms with E-state index in [1.54, 1.807) is 12.1 Å². The van der Waals surface area contributed by atoms with E-state index in [4.69, 9.17) is 11.6 Å². The van der Waals surface area contributed by atoms with Gasteiger partial charge in [0.25, 0.3) is 10.2 Å². The lowest BCUT2D eigenvalue weighted by atomic mass is 9.99. The zero-order valence-corrected chi connectivity index (χ0v) is 14.9. The first-order chi connectivity index (χ1) is 10.8. The minimum Gasteiger partial charge on any atom is -0.352 e. The standard InChI is InChI=1S/C15H22ClN3O3S/c1-18(2)23(21,22)19-9-3-4-13(11-19)15(20)17-10-12-5-7-14(16)8-6-12/h5-8,13H,3-4,9-11H2,1-2H3,(H,17,20)/t13-/m1/s1. The average molecular weight is 360 g/mol. The summed E-state index contributed by atoms with van der Waals surface area (Å²) >= 11 is 5.83. The summed E-state index contributed by atoms with van der Waals surface area (Å²) < 4.78 is 26.9. The minimum absolute atomic E-state index is 0.112. The molecule has 1 aliphatic heterocycles. The van der Waals surface area contributed by atoms with Crippen LogP contribution in [0.1, 0.15) is 18.4 Å². The number of amides is 1. The van der Waals surface area contributed by atoms with E-state index in [0.29, 0.717) is 31.0 Å². The first-order valence-corrected chi connectivity index (χ1v) is 9.28. The van der Waals surface area contributed by atoms with Crippen molar-refractivity contribution in [1.82, 2.24) is 13.9 Å². The molecule has 6 nitrogen and oxygen atoms in total. The smallest absolute Gasteiger partial charge is 0.281 e. The van der Waals surface area contributed by atoms with E-state index in [1.165, 1.54) is 22.7 Å². The van der Waals surface area contributed by atoms with Crippen LogP contribution in [0, 0.1) is 5.92 Å². The van der Waals surface area contributed by atoms with Crippen molar-refractivity contribution in [2.75, 3.05) is 27.2 Å². The molecule has 1 heterocycles. The molecule has 8 heteroatoms. The molecule has 2 rings (SSSR count). The van der Waals surface area contributed by atoms with Crippen molar-refractivity contribution in [1.29, 1.82) is 0 Å². The van der Waals surface area contributed by atoms with Gasteiger partial charge in [-0.25, -0.2) is 0 Å². The fraction of sp³-hybridized carbons (Fsp3) is 0.533. The molecule has 0 bridgehead atoms. The van der Waals surface area contributed by atoms with E-state index in [2.05, 4.69) is 5.32 Å². The highest BCUT2D eigenvalue weighted by Gasteiger charge is 2.33. The van der Waals surface area contributed by atoms with E-state index in [0.717, 1.165) is 5.56 Å². The Bertz CT molecular complexity index is 646. The molecule has 1 fully saturated rings. The van der Waals surface area contributed by atoms with Crippen molar-refractivity contribution in [2.45, 2.75) is 19.4 Å². The van der Waals surface area contributed by atoms with Crippen LogP contribution in [0.5, 0.6) is 0 Å². The molecule has 128 valence electrons. The summed E-state index contributed by atoms with van der Waals surface area (Å²) in [4.78, 5) is 12.3. The third-order valence-corrected chi connectivity index (χ3v) is 6.08. The summed E-state index contributed by atoms with van der Waals surface area (Å²) in [6.45, 7) is 1.10. The first-order valence-electron chi connectivity index (χ1n) is 7.50. The maximum atomic E-state index is 12.3. The maximum absolute atomic E-state index is 12.3. The fourth-order valence-electron chi connectivity index (χ4n) is 2.53. The predicted molar refractivity (Wildman–Crippen MR) is 90.2 cm³/mol. The minimum atomic E-state index is -3.47. The highest BCUT2D eigenvalue weighted by molar-refractivity contribution is 7.86. The van der Waals surface area contributed by atoms with Crippen LogP contribution >= 0.6 is 11.6 Å². The third kappa shape index (κ3) is 4.67. The molecule has 1 aromatic rings. The Morgan fingerprint density at radius 3 is 2.61 bits per heavy atom. The van der Waals surface area contributed by atoms with Crippen molar-refractivity contribution in [3.8, 4) is 0 Å². The van der Waals surface area contributed by atoms with Gasteiger partial charge >= 0.3 is 0 Å². The number of benzene rings is 1. The van der Waals surface area contributed by atoms with Crippen LogP contribution in [0.25, 0.3) is 0 Å². The van der Waals surface area contributed by atoms with E-state index in [9.17, 15) is 13.2 Å². The molecule has 1 saturated heterocycles. The van der Waals surface area contributed by atoms with Crippen LogP contribution in [0.2, 0.25) is 5.02 Å². The molecular formula is C15H22ClN3O3S. The van der Waals surface area contributed by atoms with Gasteiger partial charge in [0.15, 0.2) is 0 Å². The van der Waals surface area contributed by atoms with Crippen molar-refractivity contribution in [3.05, 3.63) is 34.9 Å². The van der Waals surface area contributed by atoms with Gasteiger partial charge < -0.3 is 5.32 Å². The van der Waals surface area contributed by atoms with Crippen LogP contribution in [0.3, 0.4) is 0 Å². The first kappa shape index (κ1) is 18.2. The molecular weight excluding hydrogens is 338 g/mol. The van der Waals surface area contributed by atoms with Gasteiger partial charge in [-0.2, -0.15) is 17.0 Å². The molecule has 0 aliphatic carbocycles. The highest BCUT2D eigenvalue weighted by atomic mass is 35.5. The monoisotopic (exact) mass is 359 g/mol. The summed E-state index contributed by atoms with van der Waals surface area (Å²) in [6, 6.07) is 7.25.